The number of methoxy groups -OCH3 is 1. The molecule has 8 heteroatoms. The fourth-order valence-corrected chi connectivity index (χ4v) is 4.98. The topological polar surface area (TPSA) is 65.1 Å². The predicted molar refractivity (Wildman–Crippen MR) is 146 cm³/mol. The molecule has 0 bridgehead atoms. The maximum Gasteiger partial charge on any atom is 0.293 e. The largest absolute Gasteiger partial charge is 0.493 e. The second-order valence-electron chi connectivity index (χ2n) is 8.41. The van der Waals surface area contributed by atoms with E-state index in [-0.39, 0.29) is 35.7 Å². The zero-order chi connectivity index (χ0) is 26.5. The second-order valence-corrected chi connectivity index (χ2v) is 9.40. The van der Waals surface area contributed by atoms with E-state index in [2.05, 4.69) is 0 Å². The van der Waals surface area contributed by atoms with Crippen molar-refractivity contribution in [1.29, 1.82) is 0 Å². The lowest BCUT2D eigenvalue weighted by Crippen LogP contribution is -2.32. The van der Waals surface area contributed by atoms with Gasteiger partial charge in [0.25, 0.3) is 11.1 Å². The Morgan fingerprint density at radius 2 is 1.58 bits per heavy atom. The summed E-state index contributed by atoms with van der Waals surface area (Å²) in [6.07, 6.45) is 1.67. The van der Waals surface area contributed by atoms with Crippen molar-refractivity contribution >= 4 is 39.8 Å². The van der Waals surface area contributed by atoms with Crippen LogP contribution in [0.5, 0.6) is 17.2 Å². The van der Waals surface area contributed by atoms with Gasteiger partial charge in [0.15, 0.2) is 11.5 Å². The Bertz CT molecular complexity index is 1540. The van der Waals surface area contributed by atoms with Gasteiger partial charge in [-0.05, 0) is 52.9 Å². The minimum atomic E-state index is -0.406. The summed E-state index contributed by atoms with van der Waals surface area (Å²) in [5, 5.41) is 1.42. The third kappa shape index (κ3) is 5.35. The van der Waals surface area contributed by atoms with Gasteiger partial charge in [-0.3, -0.25) is 14.5 Å². The summed E-state index contributed by atoms with van der Waals surface area (Å²) in [5.41, 5.74) is 1.07. The van der Waals surface area contributed by atoms with Crippen LogP contribution in [0.1, 0.15) is 11.1 Å². The van der Waals surface area contributed by atoms with Crippen LogP contribution in [0.2, 0.25) is 0 Å². The minimum absolute atomic E-state index is 0.0214. The van der Waals surface area contributed by atoms with E-state index in [1.807, 2.05) is 42.5 Å². The zero-order valence-electron chi connectivity index (χ0n) is 20.6. The van der Waals surface area contributed by atoms with Crippen LogP contribution in [0.3, 0.4) is 0 Å². The van der Waals surface area contributed by atoms with Crippen molar-refractivity contribution in [2.45, 2.75) is 6.61 Å². The molecule has 0 aliphatic carbocycles. The van der Waals surface area contributed by atoms with Crippen molar-refractivity contribution in [1.82, 2.24) is 4.90 Å². The van der Waals surface area contributed by atoms with E-state index < -0.39 is 5.91 Å². The van der Waals surface area contributed by atoms with Gasteiger partial charge in [0.1, 0.15) is 24.8 Å². The molecule has 1 fully saturated rings. The molecule has 6 nitrogen and oxygen atoms in total. The van der Waals surface area contributed by atoms with Crippen molar-refractivity contribution < 1.29 is 28.2 Å². The quantitative estimate of drug-likeness (QED) is 0.225. The standard InChI is InChI=1S/C30H24FNO5S/c1-35-26-12-6-7-13-27(26)36-17-16-32-29(33)28(38-30(32)34)18-23-22-10-4-2-8-20(22)14-15-25(23)37-19-21-9-3-5-11-24(21)31/h2-15,18H,16-17,19H2,1H3/b28-18-. The van der Waals surface area contributed by atoms with Gasteiger partial charge in [-0.2, -0.15) is 0 Å². The number of ether oxygens (including phenoxy) is 3. The SMILES string of the molecule is COc1ccccc1OCCN1C(=O)S/C(=C\c2c(OCc3ccccc3F)ccc3ccccc23)C1=O. The van der Waals surface area contributed by atoms with Crippen LogP contribution in [-0.2, 0) is 11.4 Å². The van der Waals surface area contributed by atoms with E-state index >= 15 is 0 Å². The number of thioether (sulfide) groups is 1. The van der Waals surface area contributed by atoms with Gasteiger partial charge in [0.05, 0.1) is 18.6 Å². The zero-order valence-corrected chi connectivity index (χ0v) is 21.4. The van der Waals surface area contributed by atoms with Gasteiger partial charge in [-0.25, -0.2) is 4.39 Å². The molecule has 2 amide bonds. The molecule has 4 aromatic carbocycles. The predicted octanol–water partition coefficient (Wildman–Crippen LogP) is 6.68. The molecule has 1 saturated heterocycles. The second kappa shape index (κ2) is 11.4. The summed E-state index contributed by atoms with van der Waals surface area (Å²) >= 11 is 0.867. The minimum Gasteiger partial charge on any atom is -0.493 e. The Balaban J connectivity index is 1.38. The van der Waals surface area contributed by atoms with E-state index in [9.17, 15) is 14.0 Å². The van der Waals surface area contributed by atoms with E-state index in [0.717, 1.165) is 27.4 Å². The number of para-hydroxylation sites is 2. The number of fused-ring (bicyclic) bond motifs is 1. The number of carbonyl (C=O) groups excluding carboxylic acids is 2. The van der Waals surface area contributed by atoms with Crippen LogP contribution in [0, 0.1) is 5.82 Å². The smallest absolute Gasteiger partial charge is 0.293 e. The first-order valence-electron chi connectivity index (χ1n) is 11.9. The molecule has 0 unspecified atom stereocenters. The monoisotopic (exact) mass is 529 g/mol. The van der Waals surface area contributed by atoms with Gasteiger partial charge in [0.2, 0.25) is 0 Å². The number of halogens is 1. The highest BCUT2D eigenvalue weighted by molar-refractivity contribution is 8.18. The van der Waals surface area contributed by atoms with E-state index in [4.69, 9.17) is 14.2 Å². The molecule has 1 aliphatic rings. The first kappa shape index (κ1) is 25.4. The first-order chi connectivity index (χ1) is 18.5. The number of amides is 2. The molecule has 192 valence electrons. The molecule has 1 heterocycles. The van der Waals surface area contributed by atoms with E-state index in [1.165, 1.54) is 6.07 Å². The summed E-state index contributed by atoms with van der Waals surface area (Å²) in [6, 6.07) is 25.0. The molecule has 0 saturated carbocycles. The summed E-state index contributed by atoms with van der Waals surface area (Å²) in [4.78, 5) is 27.4. The molecule has 4 aromatic rings. The number of imide groups is 1. The van der Waals surface area contributed by atoms with Gasteiger partial charge < -0.3 is 14.2 Å². The lowest BCUT2D eigenvalue weighted by molar-refractivity contribution is -0.123. The average Bonchev–Trinajstić information content (AvgIpc) is 3.21. The number of benzene rings is 4. The van der Waals surface area contributed by atoms with Gasteiger partial charge in [-0.15, -0.1) is 0 Å². The molecular weight excluding hydrogens is 505 g/mol. The Hall–Kier alpha value is -4.30. The lowest BCUT2D eigenvalue weighted by Gasteiger charge is -2.15. The van der Waals surface area contributed by atoms with Crippen LogP contribution < -0.4 is 14.2 Å². The van der Waals surface area contributed by atoms with Gasteiger partial charge >= 0.3 is 0 Å². The van der Waals surface area contributed by atoms with E-state index in [1.54, 1.807) is 49.6 Å². The summed E-state index contributed by atoms with van der Waals surface area (Å²) in [6.45, 7) is 0.233. The molecule has 0 N–H and O–H groups in total. The van der Waals surface area contributed by atoms with Crippen molar-refractivity contribution in [2.75, 3.05) is 20.3 Å². The number of hydrogen-bond acceptors (Lipinski definition) is 6. The number of nitrogens with zero attached hydrogens (tertiary/aromatic N) is 1. The average molecular weight is 530 g/mol. The van der Waals surface area contributed by atoms with E-state index in [0.29, 0.717) is 28.4 Å². The van der Waals surface area contributed by atoms with Crippen molar-refractivity contribution in [2.24, 2.45) is 0 Å². The lowest BCUT2D eigenvalue weighted by atomic mass is 10.0. The Labute approximate surface area is 223 Å². The summed E-state index contributed by atoms with van der Waals surface area (Å²) in [5.74, 6) is 0.825. The number of hydrogen-bond donors (Lipinski definition) is 0. The normalized spacial score (nSPS) is 14.4. The first-order valence-corrected chi connectivity index (χ1v) is 12.8. The molecular formula is C30H24FNO5S. The fraction of sp³-hybridized carbons (Fsp3) is 0.133. The fourth-order valence-electron chi connectivity index (χ4n) is 4.13. The van der Waals surface area contributed by atoms with Crippen LogP contribution in [0.25, 0.3) is 16.8 Å². The van der Waals surface area contributed by atoms with Crippen molar-refractivity contribution in [3.05, 3.63) is 107 Å². The number of carbonyl (C=O) groups is 2. The van der Waals surface area contributed by atoms with Crippen molar-refractivity contribution in [3.63, 3.8) is 0 Å². The molecule has 0 spiro atoms. The Morgan fingerprint density at radius 3 is 2.39 bits per heavy atom. The highest BCUT2D eigenvalue weighted by Gasteiger charge is 2.35. The maximum atomic E-state index is 14.2. The molecule has 0 aromatic heterocycles. The number of rotatable bonds is 9. The third-order valence-corrected chi connectivity index (χ3v) is 6.97. The van der Waals surface area contributed by atoms with Crippen LogP contribution >= 0.6 is 11.8 Å². The molecule has 0 atom stereocenters. The van der Waals surface area contributed by atoms with Crippen LogP contribution in [-0.4, -0.2) is 36.3 Å². The molecule has 5 rings (SSSR count). The molecule has 0 radical (unpaired) electrons. The van der Waals surface area contributed by atoms with Gasteiger partial charge in [-0.1, -0.05) is 60.7 Å². The highest BCUT2D eigenvalue weighted by atomic mass is 32.2. The summed E-state index contributed by atoms with van der Waals surface area (Å²) in [7, 11) is 1.55. The van der Waals surface area contributed by atoms with Crippen LogP contribution in [0.4, 0.5) is 9.18 Å². The molecule has 38 heavy (non-hydrogen) atoms. The Kier molecular flexibility index (Phi) is 7.60. The van der Waals surface area contributed by atoms with Crippen molar-refractivity contribution in [3.8, 4) is 17.2 Å². The molecule has 1 aliphatic heterocycles. The van der Waals surface area contributed by atoms with Crippen LogP contribution in [0.15, 0.2) is 89.8 Å². The highest BCUT2D eigenvalue weighted by Crippen LogP contribution is 2.37. The maximum absolute atomic E-state index is 14.2. The van der Waals surface area contributed by atoms with Gasteiger partial charge in [0, 0.05) is 11.1 Å². The Morgan fingerprint density at radius 1 is 0.842 bits per heavy atom. The third-order valence-electron chi connectivity index (χ3n) is 6.06. The summed E-state index contributed by atoms with van der Waals surface area (Å²) < 4.78 is 31.2.